The molecule has 0 bridgehead atoms. The van der Waals surface area contributed by atoms with E-state index < -0.39 is 0 Å². The SMILES string of the molecule is C=N/C=C(/CNCCC)C(=C)/C=C(\C=C/NC)c1cccc(-c2cccc(C3=CC(=C)N(C(=C)/C(=C\C)CNCCC)C=C3)c2C)c1C. The summed E-state index contributed by atoms with van der Waals surface area (Å²) in [6.45, 7) is 31.1. The van der Waals surface area contributed by atoms with Crippen molar-refractivity contribution in [2.45, 2.75) is 47.5 Å². The van der Waals surface area contributed by atoms with E-state index in [0.29, 0.717) is 6.54 Å². The quantitative estimate of drug-likeness (QED) is 0.0863. The van der Waals surface area contributed by atoms with Crippen molar-refractivity contribution < 1.29 is 0 Å². The van der Waals surface area contributed by atoms with Gasteiger partial charge in [0.25, 0.3) is 0 Å². The minimum absolute atomic E-state index is 0.686. The molecule has 0 fully saturated rings. The van der Waals surface area contributed by atoms with Crippen molar-refractivity contribution in [3.63, 3.8) is 0 Å². The molecule has 5 nitrogen and oxygen atoms in total. The molecular formula is C43H55N5. The highest BCUT2D eigenvalue weighted by molar-refractivity contribution is 5.87. The number of hydrogen-bond donors (Lipinski definition) is 3. The lowest BCUT2D eigenvalue weighted by molar-refractivity contribution is 0.591. The van der Waals surface area contributed by atoms with E-state index in [4.69, 9.17) is 0 Å². The van der Waals surface area contributed by atoms with Crippen LogP contribution in [0.1, 0.15) is 55.9 Å². The number of nitrogens with zero attached hydrogens (tertiary/aromatic N) is 2. The predicted molar refractivity (Wildman–Crippen MR) is 212 cm³/mol. The van der Waals surface area contributed by atoms with Crippen LogP contribution in [-0.2, 0) is 0 Å². The van der Waals surface area contributed by atoms with Crippen molar-refractivity contribution in [1.29, 1.82) is 0 Å². The van der Waals surface area contributed by atoms with Crippen molar-refractivity contribution in [3.05, 3.63) is 155 Å². The van der Waals surface area contributed by atoms with Crippen LogP contribution < -0.4 is 16.0 Å². The Morgan fingerprint density at radius 1 is 0.896 bits per heavy atom. The van der Waals surface area contributed by atoms with Crippen LogP contribution in [0.15, 0.2) is 138 Å². The maximum atomic E-state index is 4.41. The zero-order valence-electron chi connectivity index (χ0n) is 30.0. The fraction of sp³-hybridized carbons (Fsp3) is 0.279. The molecule has 0 saturated carbocycles. The lowest BCUT2D eigenvalue weighted by Gasteiger charge is -2.29. The minimum atomic E-state index is 0.686. The van der Waals surface area contributed by atoms with Gasteiger partial charge in [0.15, 0.2) is 0 Å². The molecule has 0 unspecified atom stereocenters. The molecule has 0 saturated heterocycles. The molecule has 2 aromatic rings. The zero-order chi connectivity index (χ0) is 35.1. The van der Waals surface area contributed by atoms with E-state index in [1.54, 1.807) is 6.20 Å². The molecular weight excluding hydrogens is 587 g/mol. The highest BCUT2D eigenvalue weighted by Gasteiger charge is 2.18. The van der Waals surface area contributed by atoms with Crippen LogP contribution in [-0.4, -0.2) is 44.8 Å². The smallest absolute Gasteiger partial charge is 0.0425 e. The average molecular weight is 642 g/mol. The molecule has 1 heterocycles. The fourth-order valence-corrected chi connectivity index (χ4v) is 5.81. The van der Waals surface area contributed by atoms with Gasteiger partial charge in [0, 0.05) is 43.9 Å². The van der Waals surface area contributed by atoms with Gasteiger partial charge in [-0.05, 0) is 145 Å². The molecule has 0 amide bonds. The average Bonchev–Trinajstić information content (AvgIpc) is 3.08. The zero-order valence-corrected chi connectivity index (χ0v) is 30.0. The van der Waals surface area contributed by atoms with E-state index in [2.05, 4.69) is 160 Å². The first-order valence-corrected chi connectivity index (χ1v) is 17.0. The molecule has 3 rings (SSSR count). The van der Waals surface area contributed by atoms with Gasteiger partial charge in [-0.15, -0.1) is 0 Å². The Morgan fingerprint density at radius 3 is 2.12 bits per heavy atom. The molecule has 0 radical (unpaired) electrons. The first kappa shape index (κ1) is 37.7. The summed E-state index contributed by atoms with van der Waals surface area (Å²) < 4.78 is 0. The van der Waals surface area contributed by atoms with Crippen LogP contribution in [0.25, 0.3) is 22.3 Å². The maximum absolute atomic E-state index is 4.41. The summed E-state index contributed by atoms with van der Waals surface area (Å²) in [5.74, 6) is 0. The number of benzene rings is 2. The molecule has 3 N–H and O–H groups in total. The number of hydrogen-bond acceptors (Lipinski definition) is 5. The van der Waals surface area contributed by atoms with Crippen LogP contribution in [0.2, 0.25) is 0 Å². The third-order valence-electron chi connectivity index (χ3n) is 8.53. The topological polar surface area (TPSA) is 51.7 Å². The van der Waals surface area contributed by atoms with E-state index >= 15 is 0 Å². The number of nitrogens with one attached hydrogen (secondary N) is 3. The molecule has 1 aliphatic rings. The maximum Gasteiger partial charge on any atom is 0.0425 e. The fourth-order valence-electron chi connectivity index (χ4n) is 5.81. The van der Waals surface area contributed by atoms with E-state index in [0.717, 1.165) is 71.7 Å². The van der Waals surface area contributed by atoms with Gasteiger partial charge in [-0.2, -0.15) is 0 Å². The second-order valence-electron chi connectivity index (χ2n) is 11.9. The number of aliphatic imine (C=N–C) groups is 1. The predicted octanol–water partition coefficient (Wildman–Crippen LogP) is 9.41. The Morgan fingerprint density at radius 2 is 1.52 bits per heavy atom. The van der Waals surface area contributed by atoms with Gasteiger partial charge >= 0.3 is 0 Å². The van der Waals surface area contributed by atoms with Gasteiger partial charge in [0.2, 0.25) is 0 Å². The molecule has 2 aromatic carbocycles. The molecule has 252 valence electrons. The van der Waals surface area contributed by atoms with Crippen LogP contribution in [0.4, 0.5) is 0 Å². The first-order valence-electron chi connectivity index (χ1n) is 17.0. The summed E-state index contributed by atoms with van der Waals surface area (Å²) in [4.78, 5) is 6.12. The first-order chi connectivity index (χ1) is 23.2. The summed E-state index contributed by atoms with van der Waals surface area (Å²) in [6.07, 6.45) is 18.7. The summed E-state index contributed by atoms with van der Waals surface area (Å²) >= 11 is 0. The Hall–Kier alpha value is -4.71. The monoisotopic (exact) mass is 641 g/mol. The second kappa shape index (κ2) is 19.2. The van der Waals surface area contributed by atoms with Crippen molar-refractivity contribution in [2.75, 3.05) is 33.2 Å². The van der Waals surface area contributed by atoms with E-state index in [9.17, 15) is 0 Å². The van der Waals surface area contributed by atoms with E-state index in [1.807, 2.05) is 13.2 Å². The highest BCUT2D eigenvalue weighted by Crippen LogP contribution is 2.37. The van der Waals surface area contributed by atoms with Crippen LogP contribution in [0, 0.1) is 13.8 Å². The molecule has 0 atom stereocenters. The van der Waals surface area contributed by atoms with Gasteiger partial charge in [-0.3, -0.25) is 4.99 Å². The third kappa shape index (κ3) is 9.66. The highest BCUT2D eigenvalue weighted by atomic mass is 15.1. The summed E-state index contributed by atoms with van der Waals surface area (Å²) in [5.41, 5.74) is 14.2. The normalized spacial score (nSPS) is 14.0. The number of rotatable bonds is 18. The van der Waals surface area contributed by atoms with Crippen LogP contribution >= 0.6 is 0 Å². The summed E-state index contributed by atoms with van der Waals surface area (Å²) in [5, 5.41) is 10.1. The van der Waals surface area contributed by atoms with Gasteiger partial charge in [0.05, 0.1) is 0 Å². The van der Waals surface area contributed by atoms with Crippen molar-refractivity contribution in [1.82, 2.24) is 20.9 Å². The number of allylic oxidation sites excluding steroid dienone is 7. The molecule has 0 spiro atoms. The Balaban J connectivity index is 1.99. The van der Waals surface area contributed by atoms with Crippen LogP contribution in [0.5, 0.6) is 0 Å². The van der Waals surface area contributed by atoms with Gasteiger partial charge in [-0.25, -0.2) is 0 Å². The lowest BCUT2D eigenvalue weighted by Crippen LogP contribution is -2.24. The lowest BCUT2D eigenvalue weighted by atomic mass is 9.87. The Labute approximate surface area is 290 Å². The van der Waals surface area contributed by atoms with Gasteiger partial charge in [0.1, 0.15) is 0 Å². The summed E-state index contributed by atoms with van der Waals surface area (Å²) in [6, 6.07) is 13.1. The second-order valence-corrected chi connectivity index (χ2v) is 11.9. The standard InChI is InChI=1S/C43H55N5/c1-11-22-46-29-36(13-3)35(8)48-25-21-38(27-32(48)5)41-17-15-19-43(34(41)7)42-18-14-16-40(33(42)6)37(20-24-44-9)26-31(4)39(28-45-10)30-47-23-12-2/h13-21,24-28,44,46-47H,4-5,8,10-12,22-23,29-30H2,1-3,6-7,9H3/b24-20-,36-13-,37-26+,39-28-. The molecule has 0 aliphatic carbocycles. The Bertz CT molecular complexity index is 1670. The Kier molecular flexibility index (Phi) is 15.1. The van der Waals surface area contributed by atoms with Crippen molar-refractivity contribution in [3.8, 4) is 11.1 Å². The van der Waals surface area contributed by atoms with Crippen molar-refractivity contribution in [2.24, 2.45) is 4.99 Å². The molecule has 0 aromatic heterocycles. The van der Waals surface area contributed by atoms with Crippen LogP contribution in [0.3, 0.4) is 0 Å². The minimum Gasteiger partial charge on any atom is -0.394 e. The largest absolute Gasteiger partial charge is 0.394 e. The molecule has 48 heavy (non-hydrogen) atoms. The van der Waals surface area contributed by atoms with E-state index in [-0.39, 0.29) is 0 Å². The molecule has 5 heteroatoms. The third-order valence-corrected chi connectivity index (χ3v) is 8.53. The summed E-state index contributed by atoms with van der Waals surface area (Å²) in [7, 11) is 1.91. The van der Waals surface area contributed by atoms with Crippen molar-refractivity contribution >= 4 is 17.9 Å². The van der Waals surface area contributed by atoms with E-state index in [1.165, 1.54) is 33.4 Å². The molecule has 1 aliphatic heterocycles. The van der Waals surface area contributed by atoms with Gasteiger partial charge < -0.3 is 20.9 Å². The van der Waals surface area contributed by atoms with Gasteiger partial charge in [-0.1, -0.05) is 76.1 Å².